The number of unbranched alkanes of at least 4 members (excludes halogenated alkanes) is 3. The lowest BCUT2D eigenvalue weighted by molar-refractivity contribution is 0.403. The molecular weight excluding hydrogens is 336 g/mol. The van der Waals surface area contributed by atoms with Gasteiger partial charge in [-0.25, -0.2) is 0 Å². The minimum absolute atomic E-state index is 0. The van der Waals surface area contributed by atoms with E-state index >= 15 is 0 Å². The highest BCUT2D eigenvalue weighted by Gasteiger charge is 2.00. The van der Waals surface area contributed by atoms with Crippen LogP contribution >= 0.6 is 0 Å². The second kappa shape index (κ2) is 14.1. The van der Waals surface area contributed by atoms with Gasteiger partial charge in [0.25, 0.3) is 0 Å². The molecule has 0 saturated heterocycles. The van der Waals surface area contributed by atoms with Crippen molar-refractivity contribution in [1.82, 2.24) is 10.6 Å². The Kier molecular flexibility index (Phi) is 12.0. The van der Waals surface area contributed by atoms with E-state index in [0.29, 0.717) is 0 Å². The monoisotopic (exact) mass is 372 g/mol. The molecule has 4 nitrogen and oxygen atoms in total. The van der Waals surface area contributed by atoms with Crippen molar-refractivity contribution in [2.24, 2.45) is 0 Å². The molecule has 0 aromatic heterocycles. The Balaban J connectivity index is 0.00000364. The zero-order valence-corrected chi connectivity index (χ0v) is 15.6. The molecule has 150 valence electrons. The second-order valence-corrected chi connectivity index (χ2v) is 6.72. The fraction of sp³-hybridized carbons (Fsp3) is 0.478. The summed E-state index contributed by atoms with van der Waals surface area (Å²) < 4.78 is 0. The quantitative estimate of drug-likeness (QED) is 0.313. The van der Waals surface area contributed by atoms with Gasteiger partial charge in [-0.15, -0.1) is 0 Å². The smallest absolute Gasteiger partial charge is 0.157 e. The average molecular weight is 373 g/mol. The molecule has 0 bridgehead atoms. The zero-order valence-electron chi connectivity index (χ0n) is 15.6. The maximum Gasteiger partial charge on any atom is 0.157 e. The van der Waals surface area contributed by atoms with E-state index in [2.05, 4.69) is 41.0 Å². The van der Waals surface area contributed by atoms with Crippen molar-refractivity contribution in [3.63, 3.8) is 0 Å². The number of benzene rings is 2. The average Bonchev–Trinajstić information content (AvgIpc) is 2.66. The van der Waals surface area contributed by atoms with Gasteiger partial charge in [0.1, 0.15) is 0 Å². The molecule has 0 spiro atoms. The lowest BCUT2D eigenvalue weighted by Crippen LogP contribution is -2.19. The largest absolute Gasteiger partial charge is 0.504 e. The van der Waals surface area contributed by atoms with Crippen molar-refractivity contribution in [2.75, 3.05) is 26.2 Å². The minimum atomic E-state index is -0.0590. The van der Waals surface area contributed by atoms with Crippen LogP contribution in [0.5, 0.6) is 11.5 Å². The summed E-state index contributed by atoms with van der Waals surface area (Å²) in [6, 6.07) is 15.6. The van der Waals surface area contributed by atoms with Crippen LogP contribution in [-0.2, 0) is 12.8 Å². The summed E-state index contributed by atoms with van der Waals surface area (Å²) in [5.74, 6) is -0.101. The van der Waals surface area contributed by atoms with E-state index in [-0.39, 0.29) is 18.9 Å². The first-order chi connectivity index (χ1) is 12.8. The summed E-state index contributed by atoms with van der Waals surface area (Å²) in [6.45, 7) is 4.08. The van der Waals surface area contributed by atoms with E-state index in [4.69, 9.17) is 0 Å². The fourth-order valence-corrected chi connectivity index (χ4v) is 2.94. The van der Waals surface area contributed by atoms with E-state index in [1.165, 1.54) is 31.2 Å². The summed E-state index contributed by atoms with van der Waals surface area (Å²) >= 11 is 0. The normalized spacial score (nSPS) is 10.5. The Morgan fingerprint density at radius 2 is 1.19 bits per heavy atom. The molecule has 0 aliphatic rings. The first-order valence-corrected chi connectivity index (χ1v) is 9.72. The van der Waals surface area contributed by atoms with E-state index < -0.39 is 0 Å². The highest BCUT2D eigenvalue weighted by Crippen LogP contribution is 2.24. The van der Waals surface area contributed by atoms with Gasteiger partial charge >= 0.3 is 0 Å². The van der Waals surface area contributed by atoms with Gasteiger partial charge in [-0.3, -0.25) is 0 Å². The minimum Gasteiger partial charge on any atom is -0.504 e. The molecule has 0 fully saturated rings. The van der Waals surface area contributed by atoms with Crippen molar-refractivity contribution < 1.29 is 10.2 Å². The molecule has 2 aromatic carbocycles. The Morgan fingerprint density at radius 3 is 1.78 bits per heavy atom. The van der Waals surface area contributed by atoms with Gasteiger partial charge in [0.05, 0.1) is 0 Å². The standard InChI is InChI=1S/C22H32N2O2.CH4/c25-21-11-10-20(18-22(21)26)13-17-24-15-7-2-1-6-14-23-16-12-19-8-4-3-5-9-19;/h3-5,8-11,18,23-26H,1-2,6-7,12-17H2;1H4. The van der Waals surface area contributed by atoms with E-state index in [1.54, 1.807) is 12.1 Å². The molecule has 0 heterocycles. The van der Waals surface area contributed by atoms with Crippen molar-refractivity contribution in [1.29, 1.82) is 0 Å². The van der Waals surface area contributed by atoms with Crippen LogP contribution in [0.2, 0.25) is 0 Å². The molecule has 0 unspecified atom stereocenters. The third kappa shape index (κ3) is 10.0. The second-order valence-electron chi connectivity index (χ2n) is 6.72. The maximum absolute atomic E-state index is 9.46. The highest BCUT2D eigenvalue weighted by molar-refractivity contribution is 5.40. The van der Waals surface area contributed by atoms with Gasteiger partial charge in [-0.2, -0.15) is 0 Å². The topological polar surface area (TPSA) is 64.5 Å². The number of hydrogen-bond acceptors (Lipinski definition) is 4. The predicted molar refractivity (Wildman–Crippen MR) is 115 cm³/mol. The molecule has 0 radical (unpaired) electrons. The number of aromatic hydroxyl groups is 2. The first kappa shape index (κ1) is 23.0. The molecule has 0 aliphatic heterocycles. The Morgan fingerprint density at radius 1 is 0.593 bits per heavy atom. The van der Waals surface area contributed by atoms with Crippen LogP contribution in [-0.4, -0.2) is 36.4 Å². The van der Waals surface area contributed by atoms with Crippen LogP contribution in [0.15, 0.2) is 48.5 Å². The molecule has 2 aromatic rings. The molecule has 27 heavy (non-hydrogen) atoms. The van der Waals surface area contributed by atoms with Gasteiger partial charge in [-0.05, 0) is 75.1 Å². The molecule has 4 N–H and O–H groups in total. The number of phenols is 2. The van der Waals surface area contributed by atoms with Gasteiger partial charge in [-0.1, -0.05) is 56.7 Å². The SMILES string of the molecule is C.Oc1ccc(CCNCCCCCCNCCc2ccccc2)cc1O. The first-order valence-electron chi connectivity index (χ1n) is 9.72. The Bertz CT molecular complexity index is 617. The van der Waals surface area contributed by atoms with Crippen molar-refractivity contribution in [3.8, 4) is 11.5 Å². The van der Waals surface area contributed by atoms with Crippen LogP contribution in [0.3, 0.4) is 0 Å². The molecule has 0 saturated carbocycles. The van der Waals surface area contributed by atoms with Crippen LogP contribution in [0.25, 0.3) is 0 Å². The molecule has 4 heteroatoms. The van der Waals surface area contributed by atoms with Crippen LogP contribution < -0.4 is 10.6 Å². The van der Waals surface area contributed by atoms with E-state index in [1.807, 2.05) is 6.07 Å². The number of rotatable bonds is 13. The molecule has 2 rings (SSSR count). The van der Waals surface area contributed by atoms with Crippen molar-refractivity contribution in [3.05, 3.63) is 59.7 Å². The summed E-state index contributed by atoms with van der Waals surface area (Å²) in [4.78, 5) is 0. The van der Waals surface area contributed by atoms with Crippen molar-refractivity contribution in [2.45, 2.75) is 46.0 Å². The third-order valence-electron chi connectivity index (χ3n) is 4.52. The van der Waals surface area contributed by atoms with Gasteiger partial charge in [0.15, 0.2) is 11.5 Å². The van der Waals surface area contributed by atoms with Gasteiger partial charge < -0.3 is 20.8 Å². The number of hydrogen-bond donors (Lipinski definition) is 4. The highest BCUT2D eigenvalue weighted by atomic mass is 16.3. The van der Waals surface area contributed by atoms with Crippen LogP contribution in [0.1, 0.15) is 44.2 Å². The predicted octanol–water partition coefficient (Wildman–Crippen LogP) is 4.26. The Hall–Kier alpha value is -2.04. The summed E-state index contributed by atoms with van der Waals surface area (Å²) in [6.07, 6.45) is 6.92. The molecule has 0 atom stereocenters. The maximum atomic E-state index is 9.46. The number of phenolic OH excluding ortho intramolecular Hbond substituents is 2. The van der Waals surface area contributed by atoms with Gasteiger partial charge in [0, 0.05) is 0 Å². The summed E-state index contributed by atoms with van der Waals surface area (Å²) in [5.41, 5.74) is 2.43. The lowest BCUT2D eigenvalue weighted by atomic mass is 10.1. The Labute approximate surface area is 164 Å². The molecule has 0 aliphatic carbocycles. The fourth-order valence-electron chi connectivity index (χ4n) is 2.94. The molecule has 0 amide bonds. The zero-order chi connectivity index (χ0) is 18.5. The van der Waals surface area contributed by atoms with E-state index in [0.717, 1.165) is 44.6 Å². The lowest BCUT2D eigenvalue weighted by Gasteiger charge is -2.07. The van der Waals surface area contributed by atoms with Crippen molar-refractivity contribution >= 4 is 0 Å². The summed E-state index contributed by atoms with van der Waals surface area (Å²) in [7, 11) is 0. The number of nitrogens with one attached hydrogen (secondary N) is 2. The van der Waals surface area contributed by atoms with Gasteiger partial charge in [0.2, 0.25) is 0 Å². The third-order valence-corrected chi connectivity index (χ3v) is 4.52. The van der Waals surface area contributed by atoms with Crippen LogP contribution in [0.4, 0.5) is 0 Å². The molecular formula is C23H36N2O2. The summed E-state index contributed by atoms with van der Waals surface area (Å²) in [5, 5.41) is 25.7. The van der Waals surface area contributed by atoms with Crippen LogP contribution in [0, 0.1) is 0 Å². The van der Waals surface area contributed by atoms with E-state index in [9.17, 15) is 10.2 Å².